The van der Waals surface area contributed by atoms with Crippen molar-refractivity contribution < 1.29 is 23.7 Å². The first-order valence-electron chi connectivity index (χ1n) is 6.87. The molecule has 0 amide bonds. The highest BCUT2D eigenvalue weighted by Gasteiger charge is 2.35. The van der Waals surface area contributed by atoms with Gasteiger partial charge < -0.3 is 18.9 Å². The van der Waals surface area contributed by atoms with Gasteiger partial charge in [-0.15, -0.1) is 0 Å². The average molecular weight is 270 g/mol. The number of epoxide rings is 2. The van der Waals surface area contributed by atoms with E-state index in [0.717, 1.165) is 26.1 Å². The first-order chi connectivity index (χ1) is 9.20. The Balaban J connectivity index is 1.73. The van der Waals surface area contributed by atoms with Gasteiger partial charge in [-0.05, 0) is 25.7 Å². The Morgan fingerprint density at radius 2 is 1.84 bits per heavy atom. The number of hydrogen-bond donors (Lipinski definition) is 0. The first-order valence-corrected chi connectivity index (χ1v) is 6.87. The maximum atomic E-state index is 11.9. The highest BCUT2D eigenvalue weighted by atomic mass is 16.6. The van der Waals surface area contributed by atoms with Gasteiger partial charge >= 0.3 is 5.97 Å². The zero-order valence-electron chi connectivity index (χ0n) is 11.4. The number of carbonyl (C=O) groups is 1. The van der Waals surface area contributed by atoms with Crippen LogP contribution in [0.15, 0.2) is 12.2 Å². The first kappa shape index (κ1) is 14.5. The van der Waals surface area contributed by atoms with Crippen LogP contribution in [0.1, 0.15) is 19.8 Å². The lowest BCUT2D eigenvalue weighted by molar-refractivity contribution is -0.141. The van der Waals surface area contributed by atoms with E-state index in [0.29, 0.717) is 18.8 Å². The molecule has 2 aliphatic heterocycles. The van der Waals surface area contributed by atoms with Gasteiger partial charge in [0.2, 0.25) is 0 Å². The Kier molecular flexibility index (Phi) is 5.36. The van der Waals surface area contributed by atoms with Crippen LogP contribution in [0.25, 0.3) is 0 Å². The van der Waals surface area contributed by atoms with Gasteiger partial charge in [-0.2, -0.15) is 0 Å². The standard InChI is InChI=1S/C14H22O5/c1-3-16-4-5-17-14(15)10(2)11(6-12-8-18-12)7-13-9-19-13/h11-13H,2-9H2,1H3. The van der Waals surface area contributed by atoms with E-state index in [-0.39, 0.29) is 30.7 Å². The summed E-state index contributed by atoms with van der Waals surface area (Å²) in [5, 5.41) is 0. The topological polar surface area (TPSA) is 60.6 Å². The lowest BCUT2D eigenvalue weighted by Crippen LogP contribution is -2.20. The number of hydrogen-bond acceptors (Lipinski definition) is 5. The van der Waals surface area contributed by atoms with E-state index in [2.05, 4.69) is 6.58 Å². The Morgan fingerprint density at radius 1 is 1.26 bits per heavy atom. The Morgan fingerprint density at radius 3 is 2.32 bits per heavy atom. The number of rotatable bonds is 10. The molecule has 0 aromatic carbocycles. The molecular formula is C14H22O5. The van der Waals surface area contributed by atoms with Crippen LogP contribution < -0.4 is 0 Å². The van der Waals surface area contributed by atoms with E-state index in [4.69, 9.17) is 18.9 Å². The zero-order valence-corrected chi connectivity index (χ0v) is 11.4. The molecule has 2 rings (SSSR count). The molecule has 0 saturated carbocycles. The second-order valence-corrected chi connectivity index (χ2v) is 4.94. The molecule has 0 aromatic heterocycles. The summed E-state index contributed by atoms with van der Waals surface area (Å²) in [5.74, 6) is -0.231. The molecule has 0 radical (unpaired) electrons. The monoisotopic (exact) mass is 270 g/mol. The minimum Gasteiger partial charge on any atom is -0.460 e. The third-order valence-electron chi connectivity index (χ3n) is 3.32. The molecule has 0 aromatic rings. The summed E-state index contributed by atoms with van der Waals surface area (Å²) in [6, 6.07) is 0. The highest BCUT2D eigenvalue weighted by molar-refractivity contribution is 5.88. The second kappa shape index (κ2) is 7.03. The van der Waals surface area contributed by atoms with Crippen molar-refractivity contribution in [1.29, 1.82) is 0 Å². The molecule has 5 nitrogen and oxygen atoms in total. The van der Waals surface area contributed by atoms with Crippen LogP contribution in [0.2, 0.25) is 0 Å². The molecule has 5 heteroatoms. The van der Waals surface area contributed by atoms with Gasteiger partial charge in [-0.25, -0.2) is 4.79 Å². The van der Waals surface area contributed by atoms with Gasteiger partial charge in [-0.3, -0.25) is 0 Å². The van der Waals surface area contributed by atoms with Crippen molar-refractivity contribution in [1.82, 2.24) is 0 Å². The van der Waals surface area contributed by atoms with Crippen molar-refractivity contribution in [2.75, 3.05) is 33.0 Å². The molecule has 2 atom stereocenters. The summed E-state index contributed by atoms with van der Waals surface area (Å²) >= 11 is 0. The summed E-state index contributed by atoms with van der Waals surface area (Å²) in [7, 11) is 0. The molecule has 2 saturated heterocycles. The van der Waals surface area contributed by atoms with E-state index in [9.17, 15) is 4.79 Å². The van der Waals surface area contributed by atoms with Crippen molar-refractivity contribution >= 4 is 5.97 Å². The van der Waals surface area contributed by atoms with Crippen LogP contribution in [0.4, 0.5) is 0 Å². The Bertz CT molecular complexity index is 306. The Labute approximate surface area is 113 Å². The summed E-state index contributed by atoms with van der Waals surface area (Å²) in [6.45, 7) is 8.70. The van der Waals surface area contributed by atoms with Crippen LogP contribution in [0.5, 0.6) is 0 Å². The predicted molar refractivity (Wildman–Crippen MR) is 68.8 cm³/mol. The normalized spacial score (nSPS) is 25.7. The van der Waals surface area contributed by atoms with Crippen molar-refractivity contribution in [2.45, 2.75) is 32.0 Å². The fraction of sp³-hybridized carbons (Fsp3) is 0.786. The summed E-state index contributed by atoms with van der Waals surface area (Å²) in [5.41, 5.74) is 0.530. The van der Waals surface area contributed by atoms with Crippen molar-refractivity contribution in [3.8, 4) is 0 Å². The van der Waals surface area contributed by atoms with Crippen LogP contribution >= 0.6 is 0 Å². The summed E-state index contributed by atoms with van der Waals surface area (Å²) in [4.78, 5) is 11.9. The fourth-order valence-corrected chi connectivity index (χ4v) is 2.02. The van der Waals surface area contributed by atoms with Crippen molar-refractivity contribution in [3.05, 3.63) is 12.2 Å². The van der Waals surface area contributed by atoms with Crippen LogP contribution in [-0.4, -0.2) is 51.2 Å². The quantitative estimate of drug-likeness (QED) is 0.259. The molecule has 2 fully saturated rings. The van der Waals surface area contributed by atoms with Crippen molar-refractivity contribution in [3.63, 3.8) is 0 Å². The van der Waals surface area contributed by atoms with E-state index in [1.54, 1.807) is 0 Å². The van der Waals surface area contributed by atoms with Crippen LogP contribution in [0.3, 0.4) is 0 Å². The van der Waals surface area contributed by atoms with Crippen molar-refractivity contribution in [2.24, 2.45) is 5.92 Å². The molecule has 2 heterocycles. The predicted octanol–water partition coefficient (Wildman–Crippen LogP) is 1.32. The van der Waals surface area contributed by atoms with Gasteiger partial charge in [0.25, 0.3) is 0 Å². The molecular weight excluding hydrogens is 248 g/mol. The van der Waals surface area contributed by atoms with E-state index in [1.807, 2.05) is 6.92 Å². The van der Waals surface area contributed by atoms with E-state index >= 15 is 0 Å². The minimum absolute atomic E-state index is 0.0968. The third-order valence-corrected chi connectivity index (χ3v) is 3.32. The number of ether oxygens (including phenoxy) is 4. The maximum absolute atomic E-state index is 11.9. The zero-order chi connectivity index (χ0) is 13.7. The highest BCUT2D eigenvalue weighted by Crippen LogP contribution is 2.31. The molecule has 0 spiro atoms. The van der Waals surface area contributed by atoms with Gasteiger partial charge in [-0.1, -0.05) is 6.58 Å². The third kappa shape index (κ3) is 5.30. The smallest absolute Gasteiger partial charge is 0.333 e. The molecule has 0 bridgehead atoms. The number of esters is 1. The lowest BCUT2D eigenvalue weighted by atomic mass is 9.90. The largest absolute Gasteiger partial charge is 0.460 e. The number of carbonyl (C=O) groups excluding carboxylic acids is 1. The second-order valence-electron chi connectivity index (χ2n) is 4.94. The molecule has 19 heavy (non-hydrogen) atoms. The average Bonchev–Trinajstić information content (AvgIpc) is 3.27. The van der Waals surface area contributed by atoms with Gasteiger partial charge in [0, 0.05) is 12.2 Å². The Hall–Kier alpha value is -0.910. The molecule has 2 unspecified atom stereocenters. The van der Waals surface area contributed by atoms with Gasteiger partial charge in [0.15, 0.2) is 0 Å². The van der Waals surface area contributed by atoms with E-state index < -0.39 is 0 Å². The molecule has 2 aliphatic rings. The lowest BCUT2D eigenvalue weighted by Gasteiger charge is -2.16. The summed E-state index contributed by atoms with van der Waals surface area (Å²) < 4.78 is 20.7. The maximum Gasteiger partial charge on any atom is 0.333 e. The van der Waals surface area contributed by atoms with Crippen LogP contribution in [0, 0.1) is 5.92 Å². The fourth-order valence-electron chi connectivity index (χ4n) is 2.02. The SMILES string of the molecule is C=C(C(=O)OCCOCC)C(CC1CO1)CC1CO1. The van der Waals surface area contributed by atoms with E-state index in [1.165, 1.54) is 0 Å². The minimum atomic E-state index is -0.328. The van der Waals surface area contributed by atoms with Crippen LogP contribution in [-0.2, 0) is 23.7 Å². The van der Waals surface area contributed by atoms with Gasteiger partial charge in [0.05, 0.1) is 32.0 Å². The molecule has 0 N–H and O–H groups in total. The van der Waals surface area contributed by atoms with Gasteiger partial charge in [0.1, 0.15) is 6.61 Å². The molecule has 108 valence electrons. The summed E-state index contributed by atoms with van der Waals surface area (Å²) in [6.07, 6.45) is 2.21. The molecule has 0 aliphatic carbocycles.